The monoisotopic (exact) mass is 385 g/mol. The van der Waals surface area contributed by atoms with Crippen LogP contribution in [0.5, 0.6) is 0 Å². The van der Waals surface area contributed by atoms with Crippen molar-refractivity contribution < 1.29 is 4.39 Å². The molecule has 2 saturated carbocycles. The Morgan fingerprint density at radius 2 is 1.86 bits per heavy atom. The average Bonchev–Trinajstić information content (AvgIpc) is 3.25. The Kier molecular flexibility index (Phi) is 3.62. The molecule has 1 unspecified atom stereocenters. The number of hydrogen-bond donors (Lipinski definition) is 1. The zero-order valence-corrected chi connectivity index (χ0v) is 16.6. The van der Waals surface area contributed by atoms with Crippen molar-refractivity contribution >= 4 is 21.9 Å². The van der Waals surface area contributed by atoms with Gasteiger partial charge in [0.05, 0.1) is 16.6 Å². The number of aryl methyl sites for hydroxylation is 1. The van der Waals surface area contributed by atoms with Gasteiger partial charge in [-0.15, -0.1) is 0 Å². The van der Waals surface area contributed by atoms with E-state index in [1.165, 1.54) is 42.3 Å². The van der Waals surface area contributed by atoms with Crippen LogP contribution in [0.3, 0.4) is 0 Å². The topological polar surface area (TPSA) is 41.6 Å². The van der Waals surface area contributed by atoms with E-state index in [4.69, 9.17) is 4.98 Å². The van der Waals surface area contributed by atoms with E-state index in [0.717, 1.165) is 34.8 Å². The zero-order valence-electron chi connectivity index (χ0n) is 16.6. The molecule has 29 heavy (non-hydrogen) atoms. The van der Waals surface area contributed by atoms with Crippen molar-refractivity contribution in [2.75, 3.05) is 0 Å². The Bertz CT molecular complexity index is 1230. The Hall–Kier alpha value is -2.75. The molecule has 0 bridgehead atoms. The Balaban J connectivity index is 1.23. The number of halogens is 1. The van der Waals surface area contributed by atoms with Crippen LogP contribution in [0.2, 0.25) is 0 Å². The van der Waals surface area contributed by atoms with Crippen molar-refractivity contribution in [2.24, 2.45) is 5.41 Å². The molecule has 1 N–H and O–H groups in total. The highest BCUT2D eigenvalue weighted by atomic mass is 19.1. The van der Waals surface area contributed by atoms with Crippen molar-refractivity contribution in [3.05, 3.63) is 71.4 Å². The van der Waals surface area contributed by atoms with E-state index in [2.05, 4.69) is 41.2 Å². The maximum atomic E-state index is 13.8. The van der Waals surface area contributed by atoms with E-state index < -0.39 is 0 Å². The third kappa shape index (κ3) is 2.77. The summed E-state index contributed by atoms with van der Waals surface area (Å²) < 4.78 is 13.8. The third-order valence-corrected chi connectivity index (χ3v) is 7.33. The lowest BCUT2D eigenvalue weighted by Gasteiger charge is -2.30. The van der Waals surface area contributed by atoms with Gasteiger partial charge < -0.3 is 4.98 Å². The average molecular weight is 385 g/mol. The quantitative estimate of drug-likeness (QED) is 0.434. The second-order valence-corrected chi connectivity index (χ2v) is 9.10. The first-order valence-electron chi connectivity index (χ1n) is 10.6. The van der Waals surface area contributed by atoms with Gasteiger partial charge in [0.2, 0.25) is 0 Å². The molecule has 2 aliphatic rings. The van der Waals surface area contributed by atoms with Crippen molar-refractivity contribution in [1.29, 1.82) is 0 Å². The summed E-state index contributed by atoms with van der Waals surface area (Å²) in [6, 6.07) is 13.5. The van der Waals surface area contributed by atoms with Crippen LogP contribution < -0.4 is 0 Å². The standard InChI is InChI=1S/C25H24FN3/c1-15-2-4-22-23(12-15)29-24(28-22)20-14-25(20)9-6-16(7-10-25)18-8-11-27-21-5-3-17(26)13-19(18)21/h2-5,8,11-13,16,20H,6-7,9-10,14H2,1H3,(H,28,29). The van der Waals surface area contributed by atoms with Crippen LogP contribution >= 0.6 is 0 Å². The van der Waals surface area contributed by atoms with Gasteiger partial charge >= 0.3 is 0 Å². The lowest BCUT2D eigenvalue weighted by Crippen LogP contribution is -2.16. The number of imidazole rings is 1. The fourth-order valence-electron chi connectivity index (χ4n) is 5.59. The summed E-state index contributed by atoms with van der Waals surface area (Å²) in [5.74, 6) is 2.04. The molecule has 4 heteroatoms. The van der Waals surface area contributed by atoms with E-state index in [9.17, 15) is 4.39 Å². The normalized spacial score (nSPS) is 26.4. The number of aromatic amines is 1. The van der Waals surface area contributed by atoms with Gasteiger partial charge in [-0.3, -0.25) is 4.98 Å². The van der Waals surface area contributed by atoms with Gasteiger partial charge in [0.15, 0.2) is 0 Å². The van der Waals surface area contributed by atoms with Crippen molar-refractivity contribution in [1.82, 2.24) is 15.0 Å². The van der Waals surface area contributed by atoms with E-state index in [0.29, 0.717) is 17.3 Å². The van der Waals surface area contributed by atoms with Crippen LogP contribution in [0.15, 0.2) is 48.7 Å². The van der Waals surface area contributed by atoms with Crippen LogP contribution in [0, 0.1) is 18.2 Å². The first kappa shape index (κ1) is 17.1. The smallest absolute Gasteiger partial charge is 0.123 e. The van der Waals surface area contributed by atoms with Crippen LogP contribution in [-0.4, -0.2) is 15.0 Å². The van der Waals surface area contributed by atoms with Crippen molar-refractivity contribution in [3.63, 3.8) is 0 Å². The van der Waals surface area contributed by atoms with Crippen LogP contribution in [0.4, 0.5) is 4.39 Å². The largest absolute Gasteiger partial charge is 0.342 e. The number of nitrogens with one attached hydrogen (secondary N) is 1. The Labute approximate surface area is 169 Å². The van der Waals surface area contributed by atoms with Gasteiger partial charge in [-0.05, 0) is 97.9 Å². The molecular weight excluding hydrogens is 361 g/mol. The molecule has 146 valence electrons. The molecule has 2 heterocycles. The van der Waals surface area contributed by atoms with Gasteiger partial charge in [-0.1, -0.05) is 6.07 Å². The Morgan fingerprint density at radius 1 is 1.03 bits per heavy atom. The predicted molar refractivity (Wildman–Crippen MR) is 114 cm³/mol. The minimum absolute atomic E-state index is 0.179. The van der Waals surface area contributed by atoms with Crippen molar-refractivity contribution in [2.45, 2.75) is 50.9 Å². The highest BCUT2D eigenvalue weighted by Gasteiger charge is 2.57. The summed E-state index contributed by atoms with van der Waals surface area (Å²) in [6.45, 7) is 2.12. The number of pyridine rings is 1. The minimum Gasteiger partial charge on any atom is -0.342 e. The molecule has 2 aliphatic carbocycles. The van der Waals surface area contributed by atoms with Crippen LogP contribution in [0.25, 0.3) is 21.9 Å². The van der Waals surface area contributed by atoms with E-state index in [1.807, 2.05) is 6.20 Å². The predicted octanol–water partition coefficient (Wildman–Crippen LogP) is 6.39. The molecule has 6 rings (SSSR count). The maximum absolute atomic E-state index is 13.8. The summed E-state index contributed by atoms with van der Waals surface area (Å²) >= 11 is 0. The molecule has 1 spiro atoms. The molecular formula is C25H24FN3. The number of H-pyrrole nitrogens is 1. The molecule has 1 atom stereocenters. The highest BCUT2D eigenvalue weighted by Crippen LogP contribution is 2.67. The van der Waals surface area contributed by atoms with Gasteiger partial charge in [0, 0.05) is 17.5 Å². The molecule has 2 aromatic heterocycles. The molecule has 0 aliphatic heterocycles. The van der Waals surface area contributed by atoms with E-state index in [-0.39, 0.29) is 5.82 Å². The van der Waals surface area contributed by atoms with E-state index >= 15 is 0 Å². The SMILES string of the molecule is Cc1ccc2nc(C3CC34CCC(c3ccnc5ccc(F)cc35)CC4)[nH]c2c1. The maximum Gasteiger partial charge on any atom is 0.123 e. The Morgan fingerprint density at radius 3 is 2.72 bits per heavy atom. The lowest BCUT2D eigenvalue weighted by atomic mass is 9.75. The fourth-order valence-corrected chi connectivity index (χ4v) is 5.59. The number of fused-ring (bicyclic) bond motifs is 2. The number of aromatic nitrogens is 3. The number of hydrogen-bond acceptors (Lipinski definition) is 2. The minimum atomic E-state index is -0.179. The second kappa shape index (κ2) is 6.12. The fraction of sp³-hybridized carbons (Fsp3) is 0.360. The summed E-state index contributed by atoms with van der Waals surface area (Å²) in [6.07, 6.45) is 7.87. The number of nitrogens with zero attached hydrogens (tertiary/aromatic N) is 2. The van der Waals surface area contributed by atoms with Gasteiger partial charge in [-0.25, -0.2) is 9.37 Å². The summed E-state index contributed by atoms with van der Waals surface area (Å²) in [5.41, 5.74) is 6.06. The van der Waals surface area contributed by atoms with E-state index in [1.54, 1.807) is 12.1 Å². The van der Waals surface area contributed by atoms with Gasteiger partial charge in [0.25, 0.3) is 0 Å². The van der Waals surface area contributed by atoms with Crippen LogP contribution in [0.1, 0.15) is 60.9 Å². The molecule has 0 saturated heterocycles. The lowest BCUT2D eigenvalue weighted by molar-refractivity contribution is 0.296. The number of benzene rings is 2. The molecule has 0 amide bonds. The molecule has 3 nitrogen and oxygen atoms in total. The summed E-state index contributed by atoms with van der Waals surface area (Å²) in [7, 11) is 0. The van der Waals surface area contributed by atoms with Gasteiger partial charge in [0.1, 0.15) is 11.6 Å². The summed E-state index contributed by atoms with van der Waals surface area (Å²) in [4.78, 5) is 12.9. The highest BCUT2D eigenvalue weighted by molar-refractivity contribution is 5.82. The van der Waals surface area contributed by atoms with Gasteiger partial charge in [-0.2, -0.15) is 0 Å². The molecule has 2 fully saturated rings. The van der Waals surface area contributed by atoms with Crippen molar-refractivity contribution in [3.8, 4) is 0 Å². The molecule has 2 aromatic carbocycles. The molecule has 0 radical (unpaired) electrons. The first-order valence-corrected chi connectivity index (χ1v) is 10.6. The number of rotatable bonds is 2. The van der Waals surface area contributed by atoms with Crippen LogP contribution in [-0.2, 0) is 0 Å². The first-order chi connectivity index (χ1) is 14.1. The zero-order chi connectivity index (χ0) is 19.6. The molecule has 4 aromatic rings. The summed E-state index contributed by atoms with van der Waals surface area (Å²) in [5, 5.41) is 0.980. The second-order valence-electron chi connectivity index (χ2n) is 9.10. The third-order valence-electron chi connectivity index (χ3n) is 7.33.